The van der Waals surface area contributed by atoms with E-state index in [2.05, 4.69) is 5.32 Å². The van der Waals surface area contributed by atoms with E-state index in [1.54, 1.807) is 39.5 Å². The molecule has 0 saturated heterocycles. The number of rotatable bonds is 7. The summed E-state index contributed by atoms with van der Waals surface area (Å²) in [6, 6.07) is 12.8. The highest BCUT2D eigenvalue weighted by molar-refractivity contribution is 8.00. The molecule has 6 heteroatoms. The average molecular weight is 333 g/mol. The van der Waals surface area contributed by atoms with E-state index < -0.39 is 0 Å². The summed E-state index contributed by atoms with van der Waals surface area (Å²) in [5, 5.41) is 2.84. The fourth-order valence-electron chi connectivity index (χ4n) is 1.90. The van der Waals surface area contributed by atoms with Crippen molar-refractivity contribution in [1.29, 1.82) is 0 Å². The van der Waals surface area contributed by atoms with Crippen LogP contribution in [0.3, 0.4) is 0 Å². The minimum absolute atomic E-state index is 0.0962. The van der Waals surface area contributed by atoms with Crippen molar-refractivity contribution in [2.45, 2.75) is 4.90 Å². The molecule has 0 heterocycles. The maximum atomic E-state index is 12.1. The Hall–Kier alpha value is -2.34. The van der Waals surface area contributed by atoms with Gasteiger partial charge in [-0.25, -0.2) is 0 Å². The number of anilines is 1. The molecule has 0 aliphatic carbocycles. The molecule has 1 N–H and O–H groups in total. The number of carbonyl (C=O) groups excluding carboxylic acids is 1. The maximum Gasteiger partial charge on any atom is 0.234 e. The first-order valence-electron chi connectivity index (χ1n) is 6.94. The number of methoxy groups -OCH3 is 3. The molecular formula is C17H19NO4S. The molecule has 0 saturated carbocycles. The van der Waals surface area contributed by atoms with Crippen LogP contribution in [-0.4, -0.2) is 33.0 Å². The van der Waals surface area contributed by atoms with Crippen molar-refractivity contribution in [3.05, 3.63) is 42.5 Å². The van der Waals surface area contributed by atoms with Gasteiger partial charge in [0.25, 0.3) is 0 Å². The molecule has 0 aliphatic rings. The standard InChI is InChI=1S/C17H19NO4S/c1-20-13-4-6-16(7-5-13)23-11-17(19)18-12-8-14(21-2)10-15(9-12)22-3/h4-10H,11H2,1-3H3,(H,18,19). The molecule has 5 nitrogen and oxygen atoms in total. The molecule has 0 atom stereocenters. The highest BCUT2D eigenvalue weighted by atomic mass is 32.2. The zero-order chi connectivity index (χ0) is 16.7. The number of ether oxygens (including phenoxy) is 3. The van der Waals surface area contributed by atoms with Crippen LogP contribution in [0, 0.1) is 0 Å². The van der Waals surface area contributed by atoms with Gasteiger partial charge in [0, 0.05) is 28.8 Å². The van der Waals surface area contributed by atoms with Crippen LogP contribution in [0.5, 0.6) is 17.2 Å². The summed E-state index contributed by atoms with van der Waals surface area (Å²) >= 11 is 1.46. The van der Waals surface area contributed by atoms with Gasteiger partial charge in [0.2, 0.25) is 5.91 Å². The summed E-state index contributed by atoms with van der Waals surface area (Å²) < 4.78 is 15.5. The fraction of sp³-hybridized carbons (Fsp3) is 0.235. The predicted octanol–water partition coefficient (Wildman–Crippen LogP) is 3.44. The van der Waals surface area contributed by atoms with Gasteiger partial charge in [0.1, 0.15) is 17.2 Å². The lowest BCUT2D eigenvalue weighted by Crippen LogP contribution is -2.14. The monoisotopic (exact) mass is 333 g/mol. The molecule has 2 aromatic carbocycles. The molecule has 0 aliphatic heterocycles. The van der Waals surface area contributed by atoms with Gasteiger partial charge in [-0.3, -0.25) is 4.79 Å². The van der Waals surface area contributed by atoms with E-state index in [-0.39, 0.29) is 5.91 Å². The van der Waals surface area contributed by atoms with Crippen molar-refractivity contribution >= 4 is 23.4 Å². The first-order chi connectivity index (χ1) is 11.1. The van der Waals surface area contributed by atoms with Crippen LogP contribution >= 0.6 is 11.8 Å². The van der Waals surface area contributed by atoms with Crippen molar-refractivity contribution in [3.63, 3.8) is 0 Å². The molecule has 2 aromatic rings. The van der Waals surface area contributed by atoms with E-state index in [0.717, 1.165) is 10.6 Å². The Morgan fingerprint density at radius 2 is 1.48 bits per heavy atom. The molecule has 0 unspecified atom stereocenters. The largest absolute Gasteiger partial charge is 0.497 e. The van der Waals surface area contributed by atoms with Crippen LogP contribution < -0.4 is 19.5 Å². The number of benzene rings is 2. The van der Waals surface area contributed by atoms with E-state index in [1.807, 2.05) is 24.3 Å². The van der Waals surface area contributed by atoms with Crippen molar-refractivity contribution in [3.8, 4) is 17.2 Å². The Morgan fingerprint density at radius 3 is 2.00 bits per heavy atom. The van der Waals surface area contributed by atoms with Crippen molar-refractivity contribution in [1.82, 2.24) is 0 Å². The lowest BCUT2D eigenvalue weighted by Gasteiger charge is -2.10. The lowest BCUT2D eigenvalue weighted by atomic mass is 10.2. The second-order valence-corrected chi connectivity index (χ2v) is 5.66. The summed E-state index contributed by atoms with van der Waals surface area (Å²) in [5.41, 5.74) is 0.640. The molecule has 122 valence electrons. The zero-order valence-corrected chi connectivity index (χ0v) is 14.1. The molecule has 0 radical (unpaired) electrons. The van der Waals surface area contributed by atoms with Gasteiger partial charge in [0.15, 0.2) is 0 Å². The van der Waals surface area contributed by atoms with Crippen LogP contribution in [0.2, 0.25) is 0 Å². The molecular weight excluding hydrogens is 314 g/mol. The third-order valence-electron chi connectivity index (χ3n) is 3.06. The van der Waals surface area contributed by atoms with E-state index in [0.29, 0.717) is 22.9 Å². The minimum atomic E-state index is -0.0962. The molecule has 1 amide bonds. The topological polar surface area (TPSA) is 56.8 Å². The Balaban J connectivity index is 1.93. The Morgan fingerprint density at radius 1 is 0.913 bits per heavy atom. The predicted molar refractivity (Wildman–Crippen MR) is 91.9 cm³/mol. The van der Waals surface area contributed by atoms with Gasteiger partial charge in [-0.15, -0.1) is 11.8 Å². The van der Waals surface area contributed by atoms with Gasteiger partial charge in [-0.05, 0) is 24.3 Å². The van der Waals surface area contributed by atoms with Gasteiger partial charge in [-0.2, -0.15) is 0 Å². The molecule has 0 aromatic heterocycles. The Kier molecular flexibility index (Phi) is 6.17. The number of nitrogens with one attached hydrogen (secondary N) is 1. The minimum Gasteiger partial charge on any atom is -0.497 e. The third-order valence-corrected chi connectivity index (χ3v) is 4.08. The average Bonchev–Trinajstić information content (AvgIpc) is 2.60. The SMILES string of the molecule is COc1ccc(SCC(=O)Nc2cc(OC)cc(OC)c2)cc1. The van der Waals surface area contributed by atoms with Crippen molar-refractivity contribution in [2.75, 3.05) is 32.4 Å². The zero-order valence-electron chi connectivity index (χ0n) is 13.3. The number of hydrogen-bond donors (Lipinski definition) is 1. The third kappa shape index (κ3) is 5.10. The Bertz CT molecular complexity index is 636. The summed E-state index contributed by atoms with van der Waals surface area (Å²) in [6.07, 6.45) is 0. The van der Waals surface area contributed by atoms with Gasteiger partial charge in [0.05, 0.1) is 27.1 Å². The summed E-state index contributed by atoms with van der Waals surface area (Å²) in [7, 11) is 4.76. The van der Waals surface area contributed by atoms with Crippen LogP contribution in [0.4, 0.5) is 5.69 Å². The fourth-order valence-corrected chi connectivity index (χ4v) is 2.60. The second-order valence-electron chi connectivity index (χ2n) is 4.61. The van der Waals surface area contributed by atoms with E-state index in [1.165, 1.54) is 11.8 Å². The molecule has 2 rings (SSSR count). The lowest BCUT2D eigenvalue weighted by molar-refractivity contribution is -0.113. The smallest absolute Gasteiger partial charge is 0.234 e. The quantitative estimate of drug-likeness (QED) is 0.787. The van der Waals surface area contributed by atoms with Crippen molar-refractivity contribution in [2.24, 2.45) is 0 Å². The first-order valence-corrected chi connectivity index (χ1v) is 7.93. The van der Waals surface area contributed by atoms with Crippen LogP contribution in [0.25, 0.3) is 0 Å². The van der Waals surface area contributed by atoms with E-state index in [4.69, 9.17) is 14.2 Å². The van der Waals surface area contributed by atoms with Gasteiger partial charge < -0.3 is 19.5 Å². The number of carbonyl (C=O) groups is 1. The highest BCUT2D eigenvalue weighted by Gasteiger charge is 2.07. The summed E-state index contributed by atoms with van der Waals surface area (Å²) in [4.78, 5) is 13.1. The second kappa shape index (κ2) is 8.33. The van der Waals surface area contributed by atoms with Gasteiger partial charge in [-0.1, -0.05) is 0 Å². The summed E-state index contributed by atoms with van der Waals surface area (Å²) in [6.45, 7) is 0. The maximum absolute atomic E-state index is 12.1. The number of amides is 1. The molecule has 23 heavy (non-hydrogen) atoms. The van der Waals surface area contributed by atoms with Gasteiger partial charge >= 0.3 is 0 Å². The molecule has 0 bridgehead atoms. The van der Waals surface area contributed by atoms with Crippen LogP contribution in [-0.2, 0) is 4.79 Å². The van der Waals surface area contributed by atoms with Crippen LogP contribution in [0.1, 0.15) is 0 Å². The molecule has 0 fully saturated rings. The van der Waals surface area contributed by atoms with E-state index >= 15 is 0 Å². The highest BCUT2D eigenvalue weighted by Crippen LogP contribution is 2.26. The summed E-state index contributed by atoms with van der Waals surface area (Å²) in [5.74, 6) is 2.26. The van der Waals surface area contributed by atoms with Crippen molar-refractivity contribution < 1.29 is 19.0 Å². The van der Waals surface area contributed by atoms with Crippen LogP contribution in [0.15, 0.2) is 47.4 Å². The molecule has 0 spiro atoms. The normalized spacial score (nSPS) is 10.0. The first kappa shape index (κ1) is 17.0. The van der Waals surface area contributed by atoms with E-state index in [9.17, 15) is 4.79 Å². The number of hydrogen-bond acceptors (Lipinski definition) is 5. The number of thioether (sulfide) groups is 1. The Labute approximate surface area is 139 Å².